The van der Waals surface area contributed by atoms with Crippen LogP contribution in [-0.4, -0.2) is 70.3 Å². The Morgan fingerprint density at radius 1 is 1.11 bits per heavy atom. The van der Waals surface area contributed by atoms with Gasteiger partial charge in [-0.05, 0) is 29.8 Å². The van der Waals surface area contributed by atoms with Crippen LogP contribution in [0.15, 0.2) is 52.8 Å². The molecule has 0 aliphatic carbocycles. The van der Waals surface area contributed by atoms with Gasteiger partial charge in [-0.15, -0.1) is 11.3 Å². The lowest BCUT2D eigenvalue weighted by atomic mass is 10.1. The number of aromatic amines is 1. The van der Waals surface area contributed by atoms with Crippen LogP contribution in [0, 0.1) is 0 Å². The third-order valence-corrected chi connectivity index (χ3v) is 7.23. The number of nitrogens with one attached hydrogen (secondary N) is 1. The molecular formula is C25H27N5O4S. The van der Waals surface area contributed by atoms with E-state index in [0.29, 0.717) is 46.1 Å². The standard InChI is InChI=1S/C25H27N5O4S/c1-33-19-7-6-16(13-20(19)34-2)14-29-9-11-30(12-10-29)25(32)17-15-35-22-21(17)27-23(28-24(22)31)18-5-3-4-8-26-18/h3-8,13,15,25,32H,9-12,14H2,1-2H3,(H,27,28,31). The van der Waals surface area contributed by atoms with Gasteiger partial charge < -0.3 is 19.6 Å². The van der Waals surface area contributed by atoms with Crippen LogP contribution in [0.2, 0.25) is 0 Å². The number of ether oxygens (including phenoxy) is 2. The van der Waals surface area contributed by atoms with Gasteiger partial charge in [0.1, 0.15) is 16.6 Å². The smallest absolute Gasteiger partial charge is 0.269 e. The quantitative estimate of drug-likeness (QED) is 0.405. The van der Waals surface area contributed by atoms with Crippen LogP contribution < -0.4 is 15.0 Å². The van der Waals surface area contributed by atoms with Crippen LogP contribution >= 0.6 is 11.3 Å². The zero-order chi connectivity index (χ0) is 24.4. The molecule has 182 valence electrons. The average Bonchev–Trinajstić information content (AvgIpc) is 3.34. The number of methoxy groups -OCH3 is 2. The third kappa shape index (κ3) is 4.78. The Kier molecular flexibility index (Phi) is 6.78. The third-order valence-electron chi connectivity index (χ3n) is 6.25. The number of thiophene rings is 1. The van der Waals surface area contributed by atoms with Gasteiger partial charge in [0.05, 0.1) is 19.7 Å². The van der Waals surface area contributed by atoms with E-state index >= 15 is 0 Å². The van der Waals surface area contributed by atoms with Gasteiger partial charge in [0.25, 0.3) is 5.56 Å². The number of hydrogen-bond donors (Lipinski definition) is 2. The molecule has 35 heavy (non-hydrogen) atoms. The van der Waals surface area contributed by atoms with Crippen molar-refractivity contribution in [3.05, 3.63) is 69.5 Å². The summed E-state index contributed by atoms with van der Waals surface area (Å²) in [6, 6.07) is 11.4. The number of rotatable bonds is 7. The second-order valence-corrected chi connectivity index (χ2v) is 9.25. The van der Waals surface area contributed by atoms with E-state index in [4.69, 9.17) is 9.47 Å². The highest BCUT2D eigenvalue weighted by atomic mass is 32.1. The summed E-state index contributed by atoms with van der Waals surface area (Å²) in [5.41, 5.74) is 2.69. The Balaban J connectivity index is 1.30. The first-order valence-electron chi connectivity index (χ1n) is 11.4. The van der Waals surface area contributed by atoms with Crippen molar-refractivity contribution in [2.45, 2.75) is 12.8 Å². The van der Waals surface area contributed by atoms with Crippen molar-refractivity contribution in [3.63, 3.8) is 0 Å². The molecule has 1 atom stereocenters. The number of fused-ring (bicyclic) bond motifs is 1. The molecule has 10 heteroatoms. The highest BCUT2D eigenvalue weighted by Crippen LogP contribution is 2.31. The van der Waals surface area contributed by atoms with E-state index in [1.165, 1.54) is 11.3 Å². The molecule has 1 aliphatic heterocycles. The van der Waals surface area contributed by atoms with E-state index in [1.807, 2.05) is 40.6 Å². The largest absolute Gasteiger partial charge is 0.493 e. The number of pyridine rings is 1. The van der Waals surface area contributed by atoms with Crippen LogP contribution in [0.25, 0.3) is 21.7 Å². The fraction of sp³-hybridized carbons (Fsp3) is 0.320. The first-order chi connectivity index (χ1) is 17.1. The van der Waals surface area contributed by atoms with Crippen molar-refractivity contribution in [2.24, 2.45) is 0 Å². The van der Waals surface area contributed by atoms with Gasteiger partial charge in [0.2, 0.25) is 0 Å². The molecule has 3 aromatic heterocycles. The minimum Gasteiger partial charge on any atom is -0.493 e. The van der Waals surface area contributed by atoms with Crippen molar-refractivity contribution < 1.29 is 14.6 Å². The number of piperazine rings is 1. The maximum Gasteiger partial charge on any atom is 0.269 e. The summed E-state index contributed by atoms with van der Waals surface area (Å²) in [6.07, 6.45) is 0.822. The van der Waals surface area contributed by atoms with Gasteiger partial charge in [0.15, 0.2) is 17.3 Å². The molecule has 1 unspecified atom stereocenters. The molecule has 2 N–H and O–H groups in total. The molecule has 1 aromatic carbocycles. The number of hydrogen-bond acceptors (Lipinski definition) is 9. The summed E-state index contributed by atoms with van der Waals surface area (Å²) in [6.45, 7) is 3.79. The summed E-state index contributed by atoms with van der Waals surface area (Å²) < 4.78 is 11.2. The van der Waals surface area contributed by atoms with E-state index in [0.717, 1.165) is 30.9 Å². The Bertz CT molecular complexity index is 1370. The second-order valence-electron chi connectivity index (χ2n) is 8.37. The van der Waals surface area contributed by atoms with Crippen LogP contribution in [-0.2, 0) is 6.54 Å². The molecule has 0 radical (unpaired) electrons. The zero-order valence-corrected chi connectivity index (χ0v) is 20.4. The van der Waals surface area contributed by atoms with E-state index in [2.05, 4.69) is 19.9 Å². The summed E-state index contributed by atoms with van der Waals surface area (Å²) in [5, 5.41) is 13.0. The molecule has 1 aliphatic rings. The molecule has 4 aromatic rings. The lowest BCUT2D eigenvalue weighted by Gasteiger charge is -2.37. The van der Waals surface area contributed by atoms with E-state index in [-0.39, 0.29) is 5.56 Å². The number of aliphatic hydroxyl groups excluding tert-OH is 1. The molecule has 4 heterocycles. The van der Waals surface area contributed by atoms with E-state index in [9.17, 15) is 9.90 Å². The fourth-order valence-electron chi connectivity index (χ4n) is 4.35. The highest BCUT2D eigenvalue weighted by Gasteiger charge is 2.27. The second kappa shape index (κ2) is 10.1. The first-order valence-corrected chi connectivity index (χ1v) is 12.2. The van der Waals surface area contributed by atoms with Crippen LogP contribution in [0.4, 0.5) is 0 Å². The highest BCUT2D eigenvalue weighted by molar-refractivity contribution is 7.17. The lowest BCUT2D eigenvalue weighted by Crippen LogP contribution is -2.47. The predicted molar refractivity (Wildman–Crippen MR) is 135 cm³/mol. The Morgan fingerprint density at radius 3 is 2.63 bits per heavy atom. The monoisotopic (exact) mass is 493 g/mol. The number of H-pyrrole nitrogens is 1. The predicted octanol–water partition coefficient (Wildman–Crippen LogP) is 2.87. The average molecular weight is 494 g/mol. The van der Waals surface area contributed by atoms with Crippen molar-refractivity contribution >= 4 is 21.6 Å². The Labute approximate surface area is 206 Å². The minimum atomic E-state index is -0.835. The Hall–Kier alpha value is -3.31. The van der Waals surface area contributed by atoms with Crippen molar-refractivity contribution in [1.82, 2.24) is 24.8 Å². The maximum absolute atomic E-state index is 12.7. The minimum absolute atomic E-state index is 0.223. The SMILES string of the molecule is COc1ccc(CN2CCN(C(O)c3csc4c(=O)[nH]c(-c5ccccn5)nc34)CC2)cc1OC. The molecule has 0 spiro atoms. The maximum atomic E-state index is 12.7. The molecule has 1 saturated heterocycles. The van der Waals surface area contributed by atoms with Crippen molar-refractivity contribution in [1.29, 1.82) is 0 Å². The van der Waals surface area contributed by atoms with Crippen LogP contribution in [0.5, 0.6) is 11.5 Å². The zero-order valence-electron chi connectivity index (χ0n) is 19.6. The Morgan fingerprint density at radius 2 is 1.91 bits per heavy atom. The summed E-state index contributed by atoms with van der Waals surface area (Å²) >= 11 is 1.30. The van der Waals surface area contributed by atoms with E-state index < -0.39 is 6.23 Å². The number of benzene rings is 1. The van der Waals surface area contributed by atoms with Gasteiger partial charge in [-0.3, -0.25) is 19.6 Å². The summed E-state index contributed by atoms with van der Waals surface area (Å²) in [7, 11) is 3.27. The topological polar surface area (TPSA) is 104 Å². The molecule has 9 nitrogen and oxygen atoms in total. The number of aliphatic hydroxyl groups is 1. The molecule has 5 rings (SSSR count). The van der Waals surface area contributed by atoms with Crippen molar-refractivity contribution in [2.75, 3.05) is 40.4 Å². The van der Waals surface area contributed by atoms with Gasteiger partial charge in [-0.25, -0.2) is 4.98 Å². The van der Waals surface area contributed by atoms with Crippen LogP contribution in [0.3, 0.4) is 0 Å². The normalized spacial score (nSPS) is 15.9. The number of aromatic nitrogens is 3. The summed E-state index contributed by atoms with van der Waals surface area (Å²) in [5.74, 6) is 1.83. The van der Waals surface area contributed by atoms with Crippen molar-refractivity contribution in [3.8, 4) is 23.0 Å². The van der Waals surface area contributed by atoms with E-state index in [1.54, 1.807) is 26.5 Å². The van der Waals surface area contributed by atoms with Crippen LogP contribution in [0.1, 0.15) is 17.4 Å². The summed E-state index contributed by atoms with van der Waals surface area (Å²) in [4.78, 5) is 28.8. The molecule has 1 fully saturated rings. The molecule has 0 saturated carbocycles. The van der Waals surface area contributed by atoms with Gasteiger partial charge in [0, 0.05) is 49.9 Å². The molecule has 0 bridgehead atoms. The first kappa shape index (κ1) is 23.4. The fourth-order valence-corrected chi connectivity index (χ4v) is 5.26. The van der Waals surface area contributed by atoms with Gasteiger partial charge in [-0.2, -0.15) is 0 Å². The molecular weight excluding hydrogens is 466 g/mol. The lowest BCUT2D eigenvalue weighted by molar-refractivity contribution is -0.0275. The number of nitrogens with zero attached hydrogens (tertiary/aromatic N) is 4. The van der Waals surface area contributed by atoms with Gasteiger partial charge >= 0.3 is 0 Å². The van der Waals surface area contributed by atoms with Gasteiger partial charge in [-0.1, -0.05) is 12.1 Å². The molecule has 0 amide bonds.